The first kappa shape index (κ1) is 69.6. The van der Waals surface area contributed by atoms with Gasteiger partial charge in [0, 0.05) is 19.3 Å². The Morgan fingerprint density at radius 3 is 0.819 bits per heavy atom. The minimum atomic E-state index is -0.776. The van der Waals surface area contributed by atoms with Crippen molar-refractivity contribution >= 4 is 17.9 Å². The van der Waals surface area contributed by atoms with Crippen molar-refractivity contribution in [2.24, 2.45) is 0 Å². The summed E-state index contributed by atoms with van der Waals surface area (Å²) < 4.78 is 16.9. The third-order valence-corrected chi connectivity index (χ3v) is 14.4. The van der Waals surface area contributed by atoms with Crippen LogP contribution in [-0.2, 0) is 28.6 Å². The van der Waals surface area contributed by atoms with Gasteiger partial charge in [-0.2, -0.15) is 0 Å². The van der Waals surface area contributed by atoms with Crippen LogP contribution in [0.3, 0.4) is 0 Å². The minimum Gasteiger partial charge on any atom is -0.462 e. The molecule has 1 atom stereocenters. The highest BCUT2D eigenvalue weighted by Gasteiger charge is 2.19. The summed E-state index contributed by atoms with van der Waals surface area (Å²) in [6, 6.07) is 0. The lowest BCUT2D eigenvalue weighted by Crippen LogP contribution is -2.30. The van der Waals surface area contributed by atoms with E-state index in [0.717, 1.165) is 70.6 Å². The molecule has 6 heteroatoms. The van der Waals surface area contributed by atoms with E-state index in [4.69, 9.17) is 14.2 Å². The van der Waals surface area contributed by atoms with E-state index in [-0.39, 0.29) is 31.1 Å². The van der Waals surface area contributed by atoms with Gasteiger partial charge >= 0.3 is 17.9 Å². The molecule has 0 N–H and O–H groups in total. The van der Waals surface area contributed by atoms with E-state index < -0.39 is 6.10 Å². The first-order valence-electron chi connectivity index (χ1n) is 32.0. The number of unbranched alkanes of at least 4 members (excludes halogenated alkanes) is 42. The molecule has 0 aromatic heterocycles. The molecule has 0 aliphatic rings. The zero-order valence-electron chi connectivity index (χ0n) is 48.5. The predicted octanol–water partition coefficient (Wildman–Crippen LogP) is 21.6. The molecule has 0 heterocycles. The molecule has 0 fully saturated rings. The number of esters is 3. The molecule has 0 amide bonds. The molecule has 0 spiro atoms. The highest BCUT2D eigenvalue weighted by Crippen LogP contribution is 2.17. The van der Waals surface area contributed by atoms with Crippen LogP contribution in [0.1, 0.15) is 348 Å². The number of rotatable bonds is 59. The van der Waals surface area contributed by atoms with Crippen molar-refractivity contribution in [2.45, 2.75) is 354 Å². The Morgan fingerprint density at radius 1 is 0.278 bits per heavy atom. The maximum Gasteiger partial charge on any atom is 0.306 e. The maximum absolute atomic E-state index is 12.9. The molecule has 72 heavy (non-hydrogen) atoms. The van der Waals surface area contributed by atoms with Crippen molar-refractivity contribution in [1.82, 2.24) is 0 Å². The molecule has 6 nitrogen and oxygen atoms in total. The quantitative estimate of drug-likeness (QED) is 0.0261. The van der Waals surface area contributed by atoms with Gasteiger partial charge in [-0.3, -0.25) is 14.4 Å². The van der Waals surface area contributed by atoms with Gasteiger partial charge in [0.05, 0.1) is 0 Å². The molecule has 0 radical (unpaired) electrons. The second-order valence-electron chi connectivity index (χ2n) is 21.7. The Morgan fingerprint density at radius 2 is 0.500 bits per heavy atom. The van der Waals surface area contributed by atoms with E-state index in [0.29, 0.717) is 19.3 Å². The van der Waals surface area contributed by atoms with Crippen molar-refractivity contribution < 1.29 is 28.6 Å². The van der Waals surface area contributed by atoms with E-state index in [1.807, 2.05) is 0 Å². The third-order valence-electron chi connectivity index (χ3n) is 14.4. The van der Waals surface area contributed by atoms with Crippen LogP contribution in [0.15, 0.2) is 36.5 Å². The lowest BCUT2D eigenvalue weighted by Gasteiger charge is -2.18. The number of carbonyl (C=O) groups excluding carboxylic acids is 3. The summed E-state index contributed by atoms with van der Waals surface area (Å²) in [6.45, 7) is 6.65. The van der Waals surface area contributed by atoms with E-state index >= 15 is 0 Å². The lowest BCUT2D eigenvalue weighted by molar-refractivity contribution is -0.167. The molecule has 422 valence electrons. The Hall–Kier alpha value is -2.37. The second kappa shape index (κ2) is 61.2. The van der Waals surface area contributed by atoms with Crippen LogP contribution in [-0.4, -0.2) is 37.2 Å². The fourth-order valence-electron chi connectivity index (χ4n) is 9.53. The summed E-state index contributed by atoms with van der Waals surface area (Å²) in [4.78, 5) is 38.3. The van der Waals surface area contributed by atoms with Gasteiger partial charge in [0.25, 0.3) is 0 Å². The van der Waals surface area contributed by atoms with Gasteiger partial charge in [0.1, 0.15) is 13.2 Å². The van der Waals surface area contributed by atoms with Crippen molar-refractivity contribution in [3.05, 3.63) is 36.5 Å². The topological polar surface area (TPSA) is 78.9 Å². The average molecular weight is 1010 g/mol. The van der Waals surface area contributed by atoms with Gasteiger partial charge in [0.15, 0.2) is 6.10 Å². The molecule has 1 unspecified atom stereocenters. The monoisotopic (exact) mass is 1010 g/mol. The first-order valence-corrected chi connectivity index (χ1v) is 32.0. The van der Waals surface area contributed by atoms with Crippen molar-refractivity contribution in [2.75, 3.05) is 13.2 Å². The summed E-state index contributed by atoms with van der Waals surface area (Å²) in [5.74, 6) is -0.863. The van der Waals surface area contributed by atoms with Gasteiger partial charge in [-0.1, -0.05) is 288 Å². The van der Waals surface area contributed by atoms with Gasteiger partial charge in [-0.15, -0.1) is 0 Å². The van der Waals surface area contributed by atoms with E-state index in [9.17, 15) is 14.4 Å². The van der Waals surface area contributed by atoms with Gasteiger partial charge in [-0.25, -0.2) is 0 Å². The number of carbonyl (C=O) groups is 3. The Labute approximate surface area is 448 Å². The van der Waals surface area contributed by atoms with Crippen LogP contribution < -0.4 is 0 Å². The van der Waals surface area contributed by atoms with E-state index in [1.54, 1.807) is 0 Å². The predicted molar refractivity (Wildman–Crippen MR) is 312 cm³/mol. The summed E-state index contributed by atoms with van der Waals surface area (Å²) >= 11 is 0. The summed E-state index contributed by atoms with van der Waals surface area (Å²) in [5.41, 5.74) is 0. The van der Waals surface area contributed by atoms with Crippen LogP contribution in [0.2, 0.25) is 0 Å². The Bertz CT molecular complexity index is 1210. The highest BCUT2D eigenvalue weighted by molar-refractivity contribution is 5.71. The Balaban J connectivity index is 4.28. The summed E-state index contributed by atoms with van der Waals surface area (Å²) in [5, 5.41) is 0. The molecular weight excluding hydrogens is 889 g/mol. The Kier molecular flexibility index (Phi) is 59.2. The number of allylic oxidation sites excluding steroid dienone is 6. The van der Waals surface area contributed by atoms with Crippen molar-refractivity contribution in [3.8, 4) is 0 Å². The SMILES string of the molecule is CCCCC/C=C\C/C=C\CCCCCCCCCCCC(=O)OC(COC(=O)CCCCCCC/C=C\CCCCCC)COC(=O)CCCCCCCCCCCCCCCCCCCCCCCC. The molecule has 0 rings (SSSR count). The van der Waals surface area contributed by atoms with Gasteiger partial charge in [0.2, 0.25) is 0 Å². The van der Waals surface area contributed by atoms with Gasteiger partial charge < -0.3 is 14.2 Å². The van der Waals surface area contributed by atoms with Crippen molar-refractivity contribution in [3.63, 3.8) is 0 Å². The standard InChI is InChI=1S/C66H122O6/c1-4-7-10-13-16-19-22-25-27-29-31-32-33-35-36-38-41-44-47-50-53-56-59-65(68)71-62-63(61-70-64(67)58-55-52-49-46-43-40-24-21-18-15-12-9-6-3)72-66(69)60-57-54-51-48-45-42-39-37-34-30-28-26-23-20-17-14-11-8-5-2/h17,20-21,24,26,28,63H,4-16,18-19,22-23,25,27,29-62H2,1-3H3/b20-17-,24-21-,28-26-. The molecule has 0 bridgehead atoms. The fraction of sp³-hybridized carbons (Fsp3) is 0.864. The average Bonchev–Trinajstić information content (AvgIpc) is 3.38. The highest BCUT2D eigenvalue weighted by atomic mass is 16.6. The normalized spacial score (nSPS) is 12.2. The van der Waals surface area contributed by atoms with Crippen LogP contribution in [0.25, 0.3) is 0 Å². The molecule has 0 saturated heterocycles. The molecule has 0 aromatic rings. The minimum absolute atomic E-state index is 0.0722. The zero-order chi connectivity index (χ0) is 52.2. The van der Waals surface area contributed by atoms with E-state index in [1.165, 1.54) is 238 Å². The molecule has 0 aromatic carbocycles. The van der Waals surface area contributed by atoms with Crippen molar-refractivity contribution in [1.29, 1.82) is 0 Å². The number of hydrogen-bond acceptors (Lipinski definition) is 6. The smallest absolute Gasteiger partial charge is 0.306 e. The molecule has 0 aliphatic heterocycles. The summed E-state index contributed by atoms with van der Waals surface area (Å²) in [7, 11) is 0. The number of ether oxygens (including phenoxy) is 3. The summed E-state index contributed by atoms with van der Waals surface area (Å²) in [6.07, 6.45) is 74.3. The molecular formula is C66H122O6. The van der Waals surface area contributed by atoms with Crippen LogP contribution in [0.4, 0.5) is 0 Å². The largest absolute Gasteiger partial charge is 0.462 e. The fourth-order valence-corrected chi connectivity index (χ4v) is 9.53. The zero-order valence-corrected chi connectivity index (χ0v) is 48.5. The van der Waals surface area contributed by atoms with E-state index in [2.05, 4.69) is 57.2 Å². The lowest BCUT2D eigenvalue weighted by atomic mass is 10.0. The van der Waals surface area contributed by atoms with Crippen LogP contribution in [0, 0.1) is 0 Å². The molecule has 0 saturated carbocycles. The first-order chi connectivity index (χ1) is 35.5. The third kappa shape index (κ3) is 58.5. The maximum atomic E-state index is 12.9. The second-order valence-corrected chi connectivity index (χ2v) is 21.7. The van der Waals surface area contributed by atoms with Gasteiger partial charge in [-0.05, 0) is 77.0 Å². The van der Waals surface area contributed by atoms with Crippen LogP contribution >= 0.6 is 0 Å². The van der Waals surface area contributed by atoms with Crippen LogP contribution in [0.5, 0.6) is 0 Å². The number of hydrogen-bond donors (Lipinski definition) is 0. The molecule has 0 aliphatic carbocycles.